The third kappa shape index (κ3) is 1.57. The molecule has 0 radical (unpaired) electrons. The molecule has 2 rings (SSSR count). The Bertz CT molecular complexity index is 368. The lowest BCUT2D eigenvalue weighted by molar-refractivity contribution is 0.804. The van der Waals surface area contributed by atoms with Crippen molar-refractivity contribution in [3.05, 3.63) is 22.7 Å². The molecule has 2 aromatic heterocycles. The Hall–Kier alpha value is -0.830. The summed E-state index contributed by atoms with van der Waals surface area (Å²) in [5.41, 5.74) is 2.42. The number of nitrogens with zero attached hydrogens (tertiary/aromatic N) is 2. The molecule has 0 N–H and O–H groups in total. The molecule has 2 aromatic rings. The largest absolute Gasteiger partial charge is 0.186 e. The van der Waals surface area contributed by atoms with E-state index < -0.39 is 0 Å². The zero-order valence-corrected chi connectivity index (χ0v) is 9.93. The summed E-state index contributed by atoms with van der Waals surface area (Å²) in [7, 11) is 0. The average Bonchev–Trinajstić information content (AvgIpc) is 2.57. The zero-order chi connectivity index (χ0) is 10.3. The monoisotopic (exact) mass is 208 g/mol. The van der Waals surface area contributed by atoms with Gasteiger partial charge in [0.15, 0.2) is 0 Å². The van der Waals surface area contributed by atoms with Gasteiger partial charge in [-0.2, -0.15) is 9.00 Å². The molecule has 0 spiro atoms. The highest BCUT2D eigenvalue weighted by Crippen LogP contribution is 2.25. The predicted molar refractivity (Wildman–Crippen MR) is 61.2 cm³/mol. The van der Waals surface area contributed by atoms with Crippen LogP contribution in [0, 0.1) is 0 Å². The molecule has 0 saturated heterocycles. The van der Waals surface area contributed by atoms with Gasteiger partial charge in [0.2, 0.25) is 0 Å². The van der Waals surface area contributed by atoms with E-state index >= 15 is 0 Å². The third-order valence-corrected chi connectivity index (χ3v) is 3.63. The maximum absolute atomic E-state index is 4.55. The van der Waals surface area contributed by atoms with Gasteiger partial charge in [-0.3, -0.25) is 0 Å². The van der Waals surface area contributed by atoms with Gasteiger partial charge >= 0.3 is 0 Å². The quantitative estimate of drug-likeness (QED) is 0.736. The lowest BCUT2D eigenvalue weighted by Gasteiger charge is -1.97. The van der Waals surface area contributed by atoms with Crippen LogP contribution in [0.3, 0.4) is 0 Å². The second kappa shape index (κ2) is 3.39. The van der Waals surface area contributed by atoms with Gasteiger partial charge in [-0.25, -0.2) is 0 Å². The van der Waals surface area contributed by atoms with Crippen LogP contribution in [0.15, 0.2) is 12.1 Å². The maximum Gasteiger partial charge on any atom is 0.0797 e. The van der Waals surface area contributed by atoms with Crippen molar-refractivity contribution in [2.75, 3.05) is 0 Å². The molecule has 14 heavy (non-hydrogen) atoms. The molecule has 0 aromatic carbocycles. The van der Waals surface area contributed by atoms with E-state index in [9.17, 15) is 0 Å². The van der Waals surface area contributed by atoms with Crippen LogP contribution in [0.2, 0.25) is 0 Å². The van der Waals surface area contributed by atoms with E-state index in [1.807, 2.05) is 3.90 Å². The van der Waals surface area contributed by atoms with Gasteiger partial charge in [0.25, 0.3) is 0 Å². The van der Waals surface area contributed by atoms with Crippen LogP contribution in [0.25, 0.3) is 5.52 Å². The standard InChI is InChI=1S/C11H16N2S/c1-7(2)10-5-9-6-11(8(3)4)14-13(9)12-10/h5-8H,1-4H3. The number of hydrogen-bond acceptors (Lipinski definition) is 2. The molecule has 0 amide bonds. The van der Waals surface area contributed by atoms with Crippen LogP contribution in [0.1, 0.15) is 50.1 Å². The minimum absolute atomic E-state index is 0.518. The summed E-state index contributed by atoms with van der Waals surface area (Å²) < 4.78 is 2.03. The minimum atomic E-state index is 0.518. The number of fused-ring (bicyclic) bond motifs is 1. The molecule has 0 saturated carbocycles. The summed E-state index contributed by atoms with van der Waals surface area (Å²) >= 11 is 1.75. The van der Waals surface area contributed by atoms with Crippen molar-refractivity contribution >= 4 is 17.0 Å². The van der Waals surface area contributed by atoms with Crippen LogP contribution in [-0.4, -0.2) is 9.00 Å². The third-order valence-electron chi connectivity index (χ3n) is 2.37. The molecule has 0 atom stereocenters. The molecule has 0 aliphatic carbocycles. The van der Waals surface area contributed by atoms with Crippen molar-refractivity contribution in [3.63, 3.8) is 0 Å². The zero-order valence-electron chi connectivity index (χ0n) is 9.11. The summed E-state index contributed by atoms with van der Waals surface area (Å²) in [6, 6.07) is 4.43. The van der Waals surface area contributed by atoms with Crippen molar-refractivity contribution in [3.8, 4) is 0 Å². The van der Waals surface area contributed by atoms with Crippen molar-refractivity contribution < 1.29 is 0 Å². The smallest absolute Gasteiger partial charge is 0.0797 e. The summed E-state index contributed by atoms with van der Waals surface area (Å²) in [6.07, 6.45) is 0. The average molecular weight is 208 g/mol. The number of aromatic nitrogens is 2. The van der Waals surface area contributed by atoms with Gasteiger partial charge < -0.3 is 0 Å². The van der Waals surface area contributed by atoms with E-state index in [0.717, 1.165) is 0 Å². The Balaban J connectivity index is 2.45. The maximum atomic E-state index is 4.55. The fourth-order valence-electron chi connectivity index (χ4n) is 1.39. The summed E-state index contributed by atoms with van der Waals surface area (Å²) in [4.78, 5) is 1.41. The minimum Gasteiger partial charge on any atom is -0.186 e. The highest BCUT2D eigenvalue weighted by Gasteiger charge is 2.10. The van der Waals surface area contributed by atoms with E-state index in [1.165, 1.54) is 16.1 Å². The SMILES string of the molecule is CC(C)c1cc2cc(C(C)C)sn2n1. The second-order valence-corrected chi connectivity index (χ2v) is 5.31. The highest BCUT2D eigenvalue weighted by molar-refractivity contribution is 7.06. The van der Waals surface area contributed by atoms with Crippen molar-refractivity contribution in [2.45, 2.75) is 39.5 Å². The number of rotatable bonds is 2. The van der Waals surface area contributed by atoms with Gasteiger partial charge in [0.05, 0.1) is 11.2 Å². The van der Waals surface area contributed by atoms with E-state index in [2.05, 4.69) is 44.9 Å². The van der Waals surface area contributed by atoms with Crippen LogP contribution in [-0.2, 0) is 0 Å². The summed E-state index contributed by atoms with van der Waals surface area (Å²) in [5.74, 6) is 1.12. The van der Waals surface area contributed by atoms with E-state index in [4.69, 9.17) is 0 Å². The van der Waals surface area contributed by atoms with Crippen LogP contribution >= 0.6 is 11.5 Å². The Labute approximate surface area is 88.7 Å². The summed E-state index contributed by atoms with van der Waals surface area (Å²) in [5, 5.41) is 4.55. The Kier molecular flexibility index (Phi) is 2.35. The Morgan fingerprint density at radius 1 is 1.14 bits per heavy atom. The molecule has 0 unspecified atom stereocenters. The van der Waals surface area contributed by atoms with E-state index in [1.54, 1.807) is 11.5 Å². The molecule has 0 fully saturated rings. The topological polar surface area (TPSA) is 17.3 Å². The number of hydrogen-bond donors (Lipinski definition) is 0. The molecule has 76 valence electrons. The molecule has 0 bridgehead atoms. The first kappa shape index (κ1) is 9.71. The van der Waals surface area contributed by atoms with Gasteiger partial charge in [0.1, 0.15) is 0 Å². The molecule has 2 nitrogen and oxygen atoms in total. The Morgan fingerprint density at radius 3 is 2.36 bits per heavy atom. The first-order chi connectivity index (χ1) is 6.58. The van der Waals surface area contributed by atoms with Gasteiger partial charge in [-0.15, -0.1) is 0 Å². The molecular formula is C11H16N2S. The van der Waals surface area contributed by atoms with Crippen molar-refractivity contribution in [1.29, 1.82) is 0 Å². The van der Waals surface area contributed by atoms with Gasteiger partial charge in [-0.05, 0) is 35.5 Å². The fourth-order valence-corrected chi connectivity index (χ4v) is 2.32. The van der Waals surface area contributed by atoms with Crippen LogP contribution < -0.4 is 0 Å². The highest BCUT2D eigenvalue weighted by atomic mass is 32.1. The van der Waals surface area contributed by atoms with Gasteiger partial charge in [-0.1, -0.05) is 27.7 Å². The van der Waals surface area contributed by atoms with Crippen molar-refractivity contribution in [1.82, 2.24) is 9.00 Å². The van der Waals surface area contributed by atoms with E-state index in [-0.39, 0.29) is 0 Å². The molecule has 2 heterocycles. The lowest BCUT2D eigenvalue weighted by Crippen LogP contribution is -1.88. The first-order valence-electron chi connectivity index (χ1n) is 5.08. The molecule has 0 aliphatic rings. The lowest BCUT2D eigenvalue weighted by atomic mass is 10.1. The molecule has 0 aliphatic heterocycles. The van der Waals surface area contributed by atoms with Crippen LogP contribution in [0.5, 0.6) is 0 Å². The van der Waals surface area contributed by atoms with Crippen molar-refractivity contribution in [2.24, 2.45) is 0 Å². The predicted octanol–water partition coefficient (Wildman–Crippen LogP) is 3.64. The van der Waals surface area contributed by atoms with Crippen LogP contribution in [0.4, 0.5) is 0 Å². The molecule has 3 heteroatoms. The second-order valence-electron chi connectivity index (χ2n) is 4.31. The first-order valence-corrected chi connectivity index (χ1v) is 5.85. The van der Waals surface area contributed by atoms with Gasteiger partial charge in [0, 0.05) is 4.88 Å². The molecular weight excluding hydrogens is 192 g/mol. The normalized spacial score (nSPS) is 12.1. The summed E-state index contributed by atoms with van der Waals surface area (Å²) in [6.45, 7) is 8.79. The fraction of sp³-hybridized carbons (Fsp3) is 0.545. The van der Waals surface area contributed by atoms with E-state index in [0.29, 0.717) is 11.8 Å². The Morgan fingerprint density at radius 2 is 1.86 bits per heavy atom.